The molecule has 1 aliphatic heterocycles. The maximum atomic E-state index is 12.9. The van der Waals surface area contributed by atoms with Crippen molar-refractivity contribution < 1.29 is 22.7 Å². The Kier molecular flexibility index (Phi) is 7.92. The molecule has 0 atom stereocenters. The molecule has 1 fully saturated rings. The van der Waals surface area contributed by atoms with Crippen molar-refractivity contribution >= 4 is 15.9 Å². The second-order valence-corrected chi connectivity index (χ2v) is 9.31. The smallest absolute Gasteiger partial charge is 0.255 e. The monoisotopic (exact) mass is 446 g/mol. The maximum Gasteiger partial charge on any atom is 0.255 e. The van der Waals surface area contributed by atoms with Gasteiger partial charge in [-0.1, -0.05) is 18.2 Å². The summed E-state index contributed by atoms with van der Waals surface area (Å²) in [4.78, 5) is 12.9. The molecule has 2 aromatic carbocycles. The molecule has 2 aromatic rings. The molecule has 1 N–H and O–H groups in total. The molecule has 31 heavy (non-hydrogen) atoms. The molecule has 168 valence electrons. The third kappa shape index (κ3) is 5.57. The van der Waals surface area contributed by atoms with E-state index in [2.05, 4.69) is 5.32 Å². The molecule has 0 spiro atoms. The number of para-hydroxylation sites is 1. The van der Waals surface area contributed by atoms with E-state index in [0.29, 0.717) is 32.0 Å². The number of rotatable bonds is 10. The fourth-order valence-electron chi connectivity index (χ4n) is 3.69. The first kappa shape index (κ1) is 23.1. The van der Waals surface area contributed by atoms with Gasteiger partial charge >= 0.3 is 0 Å². The Labute approximate surface area is 184 Å². The van der Waals surface area contributed by atoms with Gasteiger partial charge in [-0.15, -0.1) is 0 Å². The van der Waals surface area contributed by atoms with Gasteiger partial charge in [-0.2, -0.15) is 4.31 Å². The van der Waals surface area contributed by atoms with E-state index in [1.165, 1.54) is 29.6 Å². The zero-order valence-electron chi connectivity index (χ0n) is 18.1. The summed E-state index contributed by atoms with van der Waals surface area (Å²) in [6.07, 6.45) is 3.20. The van der Waals surface area contributed by atoms with Gasteiger partial charge in [0.05, 0.1) is 24.2 Å². The molecule has 3 rings (SSSR count). The summed E-state index contributed by atoms with van der Waals surface area (Å²) in [7, 11) is -2.14. The van der Waals surface area contributed by atoms with Crippen LogP contribution in [-0.2, 0) is 16.4 Å². The fraction of sp³-hybridized carbons (Fsp3) is 0.435. The predicted molar refractivity (Wildman–Crippen MR) is 119 cm³/mol. The standard InChI is InChI=1S/C23H30N2O5S/c1-3-30-21-11-5-4-9-18(21)10-8-14-24-23(26)20-17-19(12-13-22(20)29-2)31(27,28)25-15-6-7-16-25/h4-5,9,11-13,17H,3,6-8,10,14-16H2,1-2H3,(H,24,26). The highest BCUT2D eigenvalue weighted by atomic mass is 32.2. The Morgan fingerprint density at radius 1 is 1.10 bits per heavy atom. The van der Waals surface area contributed by atoms with Crippen LogP contribution in [0.25, 0.3) is 0 Å². The number of sulfonamides is 1. The van der Waals surface area contributed by atoms with E-state index < -0.39 is 10.0 Å². The minimum atomic E-state index is -3.61. The lowest BCUT2D eigenvalue weighted by Gasteiger charge is -2.17. The molecule has 1 amide bonds. The van der Waals surface area contributed by atoms with Gasteiger partial charge < -0.3 is 14.8 Å². The summed E-state index contributed by atoms with van der Waals surface area (Å²) < 4.78 is 38.1. The number of ether oxygens (including phenoxy) is 2. The van der Waals surface area contributed by atoms with Crippen LogP contribution in [0.2, 0.25) is 0 Å². The van der Waals surface area contributed by atoms with Gasteiger partial charge in [-0.25, -0.2) is 8.42 Å². The first-order valence-corrected chi connectivity index (χ1v) is 12.1. The van der Waals surface area contributed by atoms with Crippen molar-refractivity contribution in [3.63, 3.8) is 0 Å². The van der Waals surface area contributed by atoms with Gasteiger partial charge in [0, 0.05) is 19.6 Å². The zero-order valence-corrected chi connectivity index (χ0v) is 18.9. The van der Waals surface area contributed by atoms with Gasteiger partial charge in [-0.3, -0.25) is 4.79 Å². The van der Waals surface area contributed by atoms with Crippen molar-refractivity contribution in [2.45, 2.75) is 37.5 Å². The number of methoxy groups -OCH3 is 1. The van der Waals surface area contributed by atoms with Crippen LogP contribution in [-0.4, -0.2) is 52.0 Å². The first-order valence-electron chi connectivity index (χ1n) is 10.6. The van der Waals surface area contributed by atoms with Crippen LogP contribution in [0, 0.1) is 0 Å². The summed E-state index contributed by atoms with van der Waals surface area (Å²) in [6, 6.07) is 12.3. The number of carbonyl (C=O) groups is 1. The highest BCUT2D eigenvalue weighted by Gasteiger charge is 2.28. The number of hydrogen-bond donors (Lipinski definition) is 1. The molecule has 1 aliphatic rings. The SMILES string of the molecule is CCOc1ccccc1CCCNC(=O)c1cc(S(=O)(=O)N2CCCC2)ccc1OC. The molecule has 7 nitrogen and oxygen atoms in total. The van der Waals surface area contributed by atoms with Gasteiger partial charge in [0.2, 0.25) is 10.0 Å². The summed E-state index contributed by atoms with van der Waals surface area (Å²) in [5.74, 6) is 0.853. The number of amides is 1. The molecule has 0 unspecified atom stereocenters. The van der Waals surface area contributed by atoms with Crippen LogP contribution >= 0.6 is 0 Å². The van der Waals surface area contributed by atoms with Crippen LogP contribution in [0.1, 0.15) is 42.1 Å². The number of nitrogens with zero attached hydrogens (tertiary/aromatic N) is 1. The second-order valence-electron chi connectivity index (χ2n) is 7.37. The van der Waals surface area contributed by atoms with Gasteiger partial charge in [0.1, 0.15) is 11.5 Å². The van der Waals surface area contributed by atoms with Crippen molar-refractivity contribution in [2.75, 3.05) is 33.4 Å². The van der Waals surface area contributed by atoms with Crippen molar-refractivity contribution in [3.05, 3.63) is 53.6 Å². The lowest BCUT2D eigenvalue weighted by molar-refractivity contribution is 0.0950. The average molecular weight is 447 g/mol. The molecule has 1 saturated heterocycles. The Morgan fingerprint density at radius 3 is 2.55 bits per heavy atom. The van der Waals surface area contributed by atoms with Crippen LogP contribution in [0.5, 0.6) is 11.5 Å². The third-order valence-electron chi connectivity index (χ3n) is 5.30. The summed E-state index contributed by atoms with van der Waals surface area (Å²) in [5.41, 5.74) is 1.31. The van der Waals surface area contributed by atoms with E-state index in [-0.39, 0.29) is 16.4 Å². The number of hydrogen-bond acceptors (Lipinski definition) is 5. The van der Waals surface area contributed by atoms with Crippen LogP contribution in [0.15, 0.2) is 47.4 Å². The number of benzene rings is 2. The number of aryl methyl sites for hydroxylation is 1. The normalized spacial score (nSPS) is 14.4. The first-order chi connectivity index (χ1) is 15.0. The van der Waals surface area contributed by atoms with Gasteiger partial charge in [-0.05, 0) is 62.4 Å². The van der Waals surface area contributed by atoms with Crippen molar-refractivity contribution in [2.24, 2.45) is 0 Å². The molecule has 0 aromatic heterocycles. The molecular weight excluding hydrogens is 416 g/mol. The number of nitrogens with one attached hydrogen (secondary N) is 1. The lowest BCUT2D eigenvalue weighted by atomic mass is 10.1. The highest BCUT2D eigenvalue weighted by molar-refractivity contribution is 7.89. The second kappa shape index (κ2) is 10.6. The topological polar surface area (TPSA) is 84.9 Å². The fourth-order valence-corrected chi connectivity index (χ4v) is 5.23. The van der Waals surface area contributed by atoms with Crippen LogP contribution < -0.4 is 14.8 Å². The molecular formula is C23H30N2O5S. The van der Waals surface area contributed by atoms with E-state index in [0.717, 1.165) is 37.0 Å². The van der Waals surface area contributed by atoms with Crippen LogP contribution in [0.3, 0.4) is 0 Å². The van der Waals surface area contributed by atoms with E-state index in [1.807, 2.05) is 31.2 Å². The Hall–Kier alpha value is -2.58. The van der Waals surface area contributed by atoms with Crippen molar-refractivity contribution in [1.82, 2.24) is 9.62 Å². The zero-order chi connectivity index (χ0) is 22.3. The minimum Gasteiger partial charge on any atom is -0.496 e. The molecule has 0 saturated carbocycles. The Balaban J connectivity index is 1.65. The van der Waals surface area contributed by atoms with Gasteiger partial charge in [0.25, 0.3) is 5.91 Å². The largest absolute Gasteiger partial charge is 0.496 e. The lowest BCUT2D eigenvalue weighted by Crippen LogP contribution is -2.29. The van der Waals surface area contributed by atoms with Gasteiger partial charge in [0.15, 0.2) is 0 Å². The highest BCUT2D eigenvalue weighted by Crippen LogP contribution is 2.26. The van der Waals surface area contributed by atoms with E-state index >= 15 is 0 Å². The predicted octanol–water partition coefficient (Wildman–Crippen LogP) is 3.24. The maximum absolute atomic E-state index is 12.9. The minimum absolute atomic E-state index is 0.117. The molecule has 0 aliphatic carbocycles. The van der Waals surface area contributed by atoms with E-state index in [9.17, 15) is 13.2 Å². The van der Waals surface area contributed by atoms with E-state index in [1.54, 1.807) is 0 Å². The third-order valence-corrected chi connectivity index (χ3v) is 7.19. The van der Waals surface area contributed by atoms with Crippen LogP contribution in [0.4, 0.5) is 0 Å². The molecule has 1 heterocycles. The Bertz CT molecular complexity index is 1000. The van der Waals surface area contributed by atoms with Crippen molar-refractivity contribution in [1.29, 1.82) is 0 Å². The van der Waals surface area contributed by atoms with Crippen molar-refractivity contribution in [3.8, 4) is 11.5 Å². The molecule has 0 radical (unpaired) electrons. The van der Waals surface area contributed by atoms with E-state index in [4.69, 9.17) is 9.47 Å². The number of carbonyl (C=O) groups excluding carboxylic acids is 1. The summed E-state index contributed by atoms with van der Waals surface area (Å²) in [5, 5.41) is 2.88. The summed E-state index contributed by atoms with van der Waals surface area (Å²) in [6.45, 7) is 4.02. The molecule has 8 heteroatoms. The molecule has 0 bridgehead atoms. The summed E-state index contributed by atoms with van der Waals surface area (Å²) >= 11 is 0. The quantitative estimate of drug-likeness (QED) is 0.567. The Morgan fingerprint density at radius 2 is 1.84 bits per heavy atom. The average Bonchev–Trinajstić information content (AvgIpc) is 3.33.